The molecular weight excluding hydrogens is 406 g/mol. The number of nitrogens with zero attached hydrogens (tertiary/aromatic N) is 4. The SMILES string of the molecule is CCC1(CC)CC(=O)c2cc(C3=NNC(c4ccc5c(c4)nnn5C(C)C)O3)ccc2O1. The summed E-state index contributed by atoms with van der Waals surface area (Å²) in [6, 6.07) is 11.7. The van der Waals surface area contributed by atoms with E-state index in [1.807, 2.05) is 41.1 Å². The number of carbonyl (C=O) groups excluding carboxylic acids is 1. The molecule has 8 nitrogen and oxygen atoms in total. The highest BCUT2D eigenvalue weighted by Gasteiger charge is 2.38. The van der Waals surface area contributed by atoms with Gasteiger partial charge in [0.25, 0.3) is 0 Å². The van der Waals surface area contributed by atoms with Crippen LogP contribution in [0.25, 0.3) is 11.0 Å². The topological polar surface area (TPSA) is 90.6 Å². The number of hydrogen-bond acceptors (Lipinski definition) is 7. The van der Waals surface area contributed by atoms with Crippen LogP contribution < -0.4 is 10.2 Å². The average Bonchev–Trinajstić information content (AvgIpc) is 3.46. The quantitative estimate of drug-likeness (QED) is 0.636. The number of hydrazone groups is 1. The first-order valence-electron chi connectivity index (χ1n) is 11.1. The van der Waals surface area contributed by atoms with Crippen LogP contribution in [0.2, 0.25) is 0 Å². The minimum absolute atomic E-state index is 0.0959. The van der Waals surface area contributed by atoms with Gasteiger partial charge in [-0.3, -0.25) is 10.2 Å². The van der Waals surface area contributed by atoms with Crippen molar-refractivity contribution in [3.8, 4) is 5.75 Å². The predicted octanol–water partition coefficient (Wildman–Crippen LogP) is 4.52. The van der Waals surface area contributed by atoms with Gasteiger partial charge in [-0.25, -0.2) is 4.68 Å². The van der Waals surface area contributed by atoms with Crippen LogP contribution >= 0.6 is 0 Å². The molecule has 32 heavy (non-hydrogen) atoms. The zero-order valence-electron chi connectivity index (χ0n) is 18.8. The summed E-state index contributed by atoms with van der Waals surface area (Å²) in [5, 5.41) is 12.9. The maximum atomic E-state index is 12.9. The average molecular weight is 434 g/mol. The summed E-state index contributed by atoms with van der Waals surface area (Å²) < 4.78 is 14.2. The normalized spacial score (nSPS) is 19.3. The molecule has 0 aliphatic carbocycles. The van der Waals surface area contributed by atoms with Crippen molar-refractivity contribution in [3.63, 3.8) is 0 Å². The lowest BCUT2D eigenvalue weighted by atomic mass is 9.85. The minimum Gasteiger partial charge on any atom is -0.486 e. The third-order valence-electron chi connectivity index (χ3n) is 6.42. The van der Waals surface area contributed by atoms with Crippen molar-refractivity contribution in [1.29, 1.82) is 0 Å². The monoisotopic (exact) mass is 433 g/mol. The molecule has 0 bridgehead atoms. The molecule has 1 N–H and O–H groups in total. The molecule has 2 aromatic carbocycles. The van der Waals surface area contributed by atoms with Crippen LogP contribution in [-0.2, 0) is 4.74 Å². The van der Waals surface area contributed by atoms with Crippen molar-refractivity contribution < 1.29 is 14.3 Å². The van der Waals surface area contributed by atoms with Crippen molar-refractivity contribution in [1.82, 2.24) is 20.4 Å². The fourth-order valence-electron chi connectivity index (χ4n) is 4.33. The molecule has 166 valence electrons. The first-order valence-corrected chi connectivity index (χ1v) is 11.1. The van der Waals surface area contributed by atoms with Gasteiger partial charge in [0.05, 0.1) is 17.5 Å². The van der Waals surface area contributed by atoms with Gasteiger partial charge in [-0.1, -0.05) is 25.1 Å². The number of rotatable bonds is 5. The van der Waals surface area contributed by atoms with Gasteiger partial charge in [0, 0.05) is 17.2 Å². The number of carbonyl (C=O) groups is 1. The zero-order valence-corrected chi connectivity index (χ0v) is 18.8. The molecule has 3 aromatic rings. The van der Waals surface area contributed by atoms with Crippen LogP contribution in [0.15, 0.2) is 41.5 Å². The molecule has 0 amide bonds. The van der Waals surface area contributed by atoms with E-state index in [1.165, 1.54) is 0 Å². The standard InChI is InChI=1S/C24H27N5O3/c1-5-24(6-2)13-20(30)17-11-15(8-10-21(17)32-24)22-26-27-23(31-22)16-7-9-19-18(12-16)25-28-29(19)14(3)4/h7-12,14,23,27H,5-6,13H2,1-4H3. The van der Waals surface area contributed by atoms with Crippen molar-refractivity contribution in [2.24, 2.45) is 5.10 Å². The van der Waals surface area contributed by atoms with Gasteiger partial charge in [-0.2, -0.15) is 0 Å². The van der Waals surface area contributed by atoms with E-state index in [9.17, 15) is 4.79 Å². The third kappa shape index (κ3) is 3.30. The third-order valence-corrected chi connectivity index (χ3v) is 6.42. The Bertz CT molecular complexity index is 1230. The van der Waals surface area contributed by atoms with Crippen molar-refractivity contribution >= 4 is 22.7 Å². The van der Waals surface area contributed by atoms with E-state index < -0.39 is 11.8 Å². The molecule has 0 radical (unpaired) electrons. The minimum atomic E-state index is -0.436. The molecule has 5 rings (SSSR count). The molecule has 1 unspecified atom stereocenters. The zero-order chi connectivity index (χ0) is 22.5. The molecule has 2 aliphatic rings. The Labute approximate surface area is 186 Å². The molecule has 0 spiro atoms. The number of ether oxygens (including phenoxy) is 2. The maximum Gasteiger partial charge on any atom is 0.240 e. The molecule has 0 saturated heterocycles. The highest BCUT2D eigenvalue weighted by Crippen LogP contribution is 2.38. The number of nitrogens with one attached hydrogen (secondary N) is 1. The molecule has 3 heterocycles. The first kappa shape index (κ1) is 20.5. The lowest BCUT2D eigenvalue weighted by molar-refractivity contribution is 0.0349. The summed E-state index contributed by atoms with van der Waals surface area (Å²) in [7, 11) is 0. The second-order valence-corrected chi connectivity index (χ2v) is 8.72. The maximum absolute atomic E-state index is 12.9. The predicted molar refractivity (Wildman–Crippen MR) is 121 cm³/mol. The largest absolute Gasteiger partial charge is 0.486 e. The highest BCUT2D eigenvalue weighted by molar-refractivity contribution is 6.04. The van der Waals surface area contributed by atoms with Crippen LogP contribution in [0.5, 0.6) is 5.75 Å². The summed E-state index contributed by atoms with van der Waals surface area (Å²) in [5.41, 5.74) is 6.64. The second kappa shape index (κ2) is 7.62. The number of Topliss-reactive ketones (excluding diaryl/α,β-unsaturated/α-hetero) is 1. The van der Waals surface area contributed by atoms with Crippen LogP contribution in [0, 0.1) is 0 Å². The lowest BCUT2D eigenvalue weighted by Gasteiger charge is -2.36. The van der Waals surface area contributed by atoms with Crippen molar-refractivity contribution in [2.75, 3.05) is 0 Å². The van der Waals surface area contributed by atoms with E-state index in [2.05, 4.69) is 48.5 Å². The van der Waals surface area contributed by atoms with E-state index in [1.54, 1.807) is 0 Å². The Morgan fingerprint density at radius 3 is 2.75 bits per heavy atom. The van der Waals surface area contributed by atoms with E-state index >= 15 is 0 Å². The fourth-order valence-corrected chi connectivity index (χ4v) is 4.33. The van der Waals surface area contributed by atoms with Gasteiger partial charge in [0.2, 0.25) is 12.1 Å². The van der Waals surface area contributed by atoms with E-state index in [-0.39, 0.29) is 11.8 Å². The van der Waals surface area contributed by atoms with Crippen LogP contribution in [-0.4, -0.2) is 32.3 Å². The second-order valence-electron chi connectivity index (χ2n) is 8.72. The number of hydrogen-bond donors (Lipinski definition) is 1. The summed E-state index contributed by atoms with van der Waals surface area (Å²) in [6.07, 6.45) is 1.55. The molecule has 8 heteroatoms. The van der Waals surface area contributed by atoms with Crippen molar-refractivity contribution in [3.05, 3.63) is 53.1 Å². The lowest BCUT2D eigenvalue weighted by Crippen LogP contribution is -2.41. The summed E-state index contributed by atoms with van der Waals surface area (Å²) in [5.74, 6) is 1.17. The smallest absolute Gasteiger partial charge is 0.240 e. The summed E-state index contributed by atoms with van der Waals surface area (Å²) >= 11 is 0. The summed E-state index contributed by atoms with van der Waals surface area (Å²) in [4.78, 5) is 12.9. The van der Waals surface area contributed by atoms with Gasteiger partial charge in [-0.15, -0.1) is 10.2 Å². The molecule has 0 fully saturated rings. The Kier molecular flexibility index (Phi) is 4.87. The number of ketones is 1. The van der Waals surface area contributed by atoms with E-state index in [0.717, 1.165) is 35.0 Å². The molecule has 0 saturated carbocycles. The van der Waals surface area contributed by atoms with Crippen molar-refractivity contribution in [2.45, 2.75) is 64.8 Å². The molecule has 1 aromatic heterocycles. The number of benzene rings is 2. The van der Waals surface area contributed by atoms with Crippen LogP contribution in [0.1, 0.15) is 80.7 Å². The number of aromatic nitrogens is 3. The van der Waals surface area contributed by atoms with Gasteiger partial charge in [0.1, 0.15) is 16.9 Å². The van der Waals surface area contributed by atoms with E-state index in [4.69, 9.17) is 9.47 Å². The highest BCUT2D eigenvalue weighted by atomic mass is 16.5. The van der Waals surface area contributed by atoms with E-state index in [0.29, 0.717) is 23.6 Å². The Balaban J connectivity index is 1.37. The van der Waals surface area contributed by atoms with Crippen LogP contribution in [0.4, 0.5) is 0 Å². The first-order chi connectivity index (χ1) is 15.4. The Morgan fingerprint density at radius 2 is 2.00 bits per heavy atom. The van der Waals surface area contributed by atoms with Gasteiger partial charge in [0.15, 0.2) is 5.78 Å². The molecule has 2 aliphatic heterocycles. The Morgan fingerprint density at radius 1 is 1.19 bits per heavy atom. The Hall–Kier alpha value is -3.42. The fraction of sp³-hybridized carbons (Fsp3) is 0.417. The molecular formula is C24H27N5O3. The summed E-state index contributed by atoms with van der Waals surface area (Å²) in [6.45, 7) is 8.26. The number of fused-ring (bicyclic) bond motifs is 2. The van der Waals surface area contributed by atoms with Gasteiger partial charge < -0.3 is 9.47 Å². The molecule has 1 atom stereocenters. The van der Waals surface area contributed by atoms with Gasteiger partial charge in [-0.05, 0) is 57.0 Å². The van der Waals surface area contributed by atoms with Crippen LogP contribution in [0.3, 0.4) is 0 Å². The van der Waals surface area contributed by atoms with Gasteiger partial charge >= 0.3 is 0 Å².